The first-order valence-corrected chi connectivity index (χ1v) is 13.5. The summed E-state index contributed by atoms with van der Waals surface area (Å²) in [5, 5.41) is 7.48. The molecule has 1 unspecified atom stereocenters. The van der Waals surface area contributed by atoms with Crippen LogP contribution in [0.15, 0.2) is 40.9 Å². The Labute approximate surface area is 222 Å². The van der Waals surface area contributed by atoms with Crippen LogP contribution < -0.4 is 20.1 Å². The van der Waals surface area contributed by atoms with Gasteiger partial charge in [-0.25, -0.2) is 4.79 Å². The molecule has 2 aromatic carbocycles. The minimum Gasteiger partial charge on any atom is -0.493 e. The third-order valence-electron chi connectivity index (χ3n) is 6.66. The summed E-state index contributed by atoms with van der Waals surface area (Å²) in [6.45, 7) is 8.18. The normalized spacial score (nSPS) is 17.2. The number of hydrogen-bond acceptors (Lipinski definition) is 7. The van der Waals surface area contributed by atoms with Gasteiger partial charge >= 0.3 is 5.97 Å². The van der Waals surface area contributed by atoms with Crippen molar-refractivity contribution in [2.24, 2.45) is 0 Å². The molecule has 3 heterocycles. The number of benzene rings is 2. The molecule has 0 bridgehead atoms. The summed E-state index contributed by atoms with van der Waals surface area (Å²) in [6, 6.07) is 11.3. The van der Waals surface area contributed by atoms with E-state index in [4.69, 9.17) is 9.47 Å². The lowest BCUT2D eigenvalue weighted by molar-refractivity contribution is 0.0728. The quantitative estimate of drug-likeness (QED) is 0.304. The minimum atomic E-state index is -0.477. The lowest BCUT2D eigenvalue weighted by Crippen LogP contribution is -2.39. The molecular formula is C27H28BrN3O4S. The molecule has 36 heavy (non-hydrogen) atoms. The molecule has 188 valence electrons. The molecule has 3 aromatic rings. The van der Waals surface area contributed by atoms with Gasteiger partial charge in [-0.1, -0.05) is 17.7 Å². The minimum absolute atomic E-state index is 0.0748. The maximum absolute atomic E-state index is 13.2. The fourth-order valence-corrected chi connectivity index (χ4v) is 6.43. The van der Waals surface area contributed by atoms with Gasteiger partial charge in [0.2, 0.25) is 0 Å². The lowest BCUT2D eigenvalue weighted by atomic mass is 9.99. The first kappa shape index (κ1) is 24.8. The standard InChI is InChI=1S/C27H28BrN3O4S/c1-14(2)31-10-9-18-21(13-31)36-26-22(18)25(32)29-24(30-26)17-11-19(28)23(20(12-17)34-4)35-27(33)16-7-5-15(3)6-8-16/h5-8,11-12,14,24,30H,9-10,13H2,1-4H3,(H,29,32). The number of ether oxygens (including phenoxy) is 2. The van der Waals surface area contributed by atoms with Crippen molar-refractivity contribution in [2.45, 2.75) is 45.9 Å². The number of thiophene rings is 1. The van der Waals surface area contributed by atoms with Crippen molar-refractivity contribution >= 4 is 44.1 Å². The van der Waals surface area contributed by atoms with Gasteiger partial charge in [-0.05, 0) is 78.5 Å². The number of anilines is 1. The molecule has 2 aliphatic heterocycles. The Morgan fingerprint density at radius 3 is 2.64 bits per heavy atom. The Bertz CT molecular complexity index is 1340. The Morgan fingerprint density at radius 2 is 1.94 bits per heavy atom. The van der Waals surface area contributed by atoms with E-state index in [0.29, 0.717) is 21.8 Å². The second kappa shape index (κ2) is 9.88. The highest BCUT2D eigenvalue weighted by Crippen LogP contribution is 2.43. The second-order valence-corrected chi connectivity index (χ2v) is 11.3. The topological polar surface area (TPSA) is 79.9 Å². The molecular weight excluding hydrogens is 542 g/mol. The molecule has 1 atom stereocenters. The summed E-state index contributed by atoms with van der Waals surface area (Å²) in [7, 11) is 1.52. The molecule has 1 aromatic heterocycles. The molecule has 2 aliphatic rings. The van der Waals surface area contributed by atoms with Crippen molar-refractivity contribution in [3.63, 3.8) is 0 Å². The average molecular weight is 571 g/mol. The molecule has 5 rings (SSSR count). The summed E-state index contributed by atoms with van der Waals surface area (Å²) in [5.41, 5.74) is 4.22. The van der Waals surface area contributed by atoms with Crippen LogP contribution in [0.1, 0.15) is 62.3 Å². The number of hydrogen-bond donors (Lipinski definition) is 2. The van der Waals surface area contributed by atoms with Crippen molar-refractivity contribution in [1.29, 1.82) is 0 Å². The van der Waals surface area contributed by atoms with Crippen LogP contribution in [0.3, 0.4) is 0 Å². The molecule has 0 spiro atoms. The van der Waals surface area contributed by atoms with Crippen LogP contribution in [0.5, 0.6) is 11.5 Å². The van der Waals surface area contributed by atoms with E-state index in [1.54, 1.807) is 29.5 Å². The fourth-order valence-electron chi connectivity index (χ4n) is 4.59. The van der Waals surface area contributed by atoms with Crippen molar-refractivity contribution in [1.82, 2.24) is 10.2 Å². The zero-order valence-corrected chi connectivity index (χ0v) is 23.0. The van der Waals surface area contributed by atoms with E-state index >= 15 is 0 Å². The fraction of sp³-hybridized carbons (Fsp3) is 0.333. The van der Waals surface area contributed by atoms with E-state index < -0.39 is 12.1 Å². The number of carbonyl (C=O) groups is 2. The van der Waals surface area contributed by atoms with Crippen molar-refractivity contribution < 1.29 is 19.1 Å². The highest BCUT2D eigenvalue weighted by atomic mass is 79.9. The van der Waals surface area contributed by atoms with Gasteiger partial charge in [-0.2, -0.15) is 0 Å². The van der Waals surface area contributed by atoms with E-state index in [0.717, 1.165) is 46.8 Å². The molecule has 7 nitrogen and oxygen atoms in total. The number of amides is 1. The van der Waals surface area contributed by atoms with Gasteiger partial charge in [0.05, 0.1) is 22.7 Å². The third-order valence-corrected chi connectivity index (χ3v) is 8.40. The van der Waals surface area contributed by atoms with E-state index in [9.17, 15) is 9.59 Å². The van der Waals surface area contributed by atoms with Crippen LogP contribution in [0.2, 0.25) is 0 Å². The number of halogens is 1. The number of rotatable bonds is 5. The summed E-state index contributed by atoms with van der Waals surface area (Å²) in [5.74, 6) is 0.124. The summed E-state index contributed by atoms with van der Waals surface area (Å²) >= 11 is 5.19. The van der Waals surface area contributed by atoms with Gasteiger partial charge in [0.1, 0.15) is 11.2 Å². The van der Waals surface area contributed by atoms with Gasteiger partial charge in [-0.3, -0.25) is 9.69 Å². The zero-order chi connectivity index (χ0) is 25.6. The SMILES string of the molecule is COc1cc(C2NC(=O)c3c(sc4c3CCN(C(C)C)C4)N2)cc(Br)c1OC(=O)c1ccc(C)cc1. The van der Waals surface area contributed by atoms with Crippen LogP contribution in [0.25, 0.3) is 0 Å². The number of methoxy groups -OCH3 is 1. The van der Waals surface area contributed by atoms with Crippen molar-refractivity contribution in [3.05, 3.63) is 73.6 Å². The van der Waals surface area contributed by atoms with E-state index in [2.05, 4.69) is 45.3 Å². The maximum atomic E-state index is 13.2. The Kier molecular flexibility index (Phi) is 6.80. The molecule has 0 aliphatic carbocycles. The van der Waals surface area contributed by atoms with Crippen LogP contribution in [-0.4, -0.2) is 36.5 Å². The monoisotopic (exact) mass is 569 g/mol. The van der Waals surface area contributed by atoms with Gasteiger partial charge < -0.3 is 20.1 Å². The van der Waals surface area contributed by atoms with Crippen LogP contribution in [-0.2, 0) is 13.0 Å². The zero-order valence-electron chi connectivity index (χ0n) is 20.6. The van der Waals surface area contributed by atoms with Crippen LogP contribution >= 0.6 is 27.3 Å². The third kappa shape index (κ3) is 4.63. The summed E-state index contributed by atoms with van der Waals surface area (Å²) < 4.78 is 11.8. The predicted octanol–water partition coefficient (Wildman–Crippen LogP) is 5.67. The Balaban J connectivity index is 1.40. The highest BCUT2D eigenvalue weighted by Gasteiger charge is 2.34. The first-order valence-electron chi connectivity index (χ1n) is 11.9. The van der Waals surface area contributed by atoms with Gasteiger partial charge in [0.15, 0.2) is 11.5 Å². The van der Waals surface area contributed by atoms with Crippen LogP contribution in [0.4, 0.5) is 5.00 Å². The molecule has 0 saturated heterocycles. The van der Waals surface area contributed by atoms with Gasteiger partial charge in [-0.15, -0.1) is 11.3 Å². The van der Waals surface area contributed by atoms with Gasteiger partial charge in [0.25, 0.3) is 5.91 Å². The average Bonchev–Trinajstić information content (AvgIpc) is 3.23. The second-order valence-electron chi connectivity index (χ2n) is 9.36. The van der Waals surface area contributed by atoms with Crippen molar-refractivity contribution in [3.8, 4) is 11.5 Å². The van der Waals surface area contributed by atoms with E-state index in [-0.39, 0.29) is 11.7 Å². The molecule has 0 radical (unpaired) electrons. The first-order chi connectivity index (χ1) is 17.2. The predicted molar refractivity (Wildman–Crippen MR) is 144 cm³/mol. The largest absolute Gasteiger partial charge is 0.493 e. The molecule has 0 saturated carbocycles. The summed E-state index contributed by atoms with van der Waals surface area (Å²) in [4.78, 5) is 29.6. The molecule has 0 fully saturated rings. The Morgan fingerprint density at radius 1 is 1.19 bits per heavy atom. The number of fused-ring (bicyclic) bond motifs is 3. The Hall–Kier alpha value is -2.88. The number of aryl methyl sites for hydroxylation is 1. The molecule has 1 amide bonds. The summed E-state index contributed by atoms with van der Waals surface area (Å²) in [6.07, 6.45) is 0.429. The number of nitrogens with zero attached hydrogens (tertiary/aromatic N) is 1. The molecule has 2 N–H and O–H groups in total. The number of esters is 1. The molecule has 9 heteroatoms. The van der Waals surface area contributed by atoms with E-state index in [1.165, 1.54) is 12.0 Å². The van der Waals surface area contributed by atoms with Crippen molar-refractivity contribution in [2.75, 3.05) is 19.0 Å². The van der Waals surface area contributed by atoms with E-state index in [1.807, 2.05) is 25.1 Å². The highest BCUT2D eigenvalue weighted by molar-refractivity contribution is 9.10. The maximum Gasteiger partial charge on any atom is 0.343 e. The lowest BCUT2D eigenvalue weighted by Gasteiger charge is -2.31. The van der Waals surface area contributed by atoms with Gasteiger partial charge in [0, 0.05) is 24.0 Å². The smallest absolute Gasteiger partial charge is 0.343 e. The van der Waals surface area contributed by atoms with Crippen LogP contribution in [0, 0.1) is 6.92 Å². The number of nitrogens with one attached hydrogen (secondary N) is 2. The number of carbonyl (C=O) groups excluding carboxylic acids is 2.